The Bertz CT molecular complexity index is 769. The van der Waals surface area contributed by atoms with Gasteiger partial charge >= 0.3 is 5.97 Å². The van der Waals surface area contributed by atoms with E-state index in [1.165, 1.54) is 12.3 Å². The van der Waals surface area contributed by atoms with Crippen molar-refractivity contribution in [2.75, 3.05) is 0 Å². The van der Waals surface area contributed by atoms with Crippen LogP contribution in [0.4, 0.5) is 4.39 Å². The Morgan fingerprint density at radius 3 is 2.80 bits per heavy atom. The number of aromatic carboxylic acids is 1. The molecular weight excluding hydrogens is 272 g/mol. The first-order chi connectivity index (χ1) is 8.99. The van der Waals surface area contributed by atoms with Gasteiger partial charge in [-0.3, -0.25) is 4.79 Å². The first kappa shape index (κ1) is 15.2. The number of aryl methyl sites for hydroxylation is 1. The van der Waals surface area contributed by atoms with Crippen molar-refractivity contribution in [3.05, 3.63) is 45.5 Å². The van der Waals surface area contributed by atoms with Crippen LogP contribution in [0.25, 0.3) is 10.9 Å². The number of rotatable bonds is 1. The van der Waals surface area contributed by atoms with Crippen LogP contribution >= 0.6 is 0 Å². The number of benzene rings is 1. The van der Waals surface area contributed by atoms with Gasteiger partial charge in [-0.1, -0.05) is 0 Å². The summed E-state index contributed by atoms with van der Waals surface area (Å²) in [5, 5.41) is 9.24. The SMILES string of the molecule is CC1CCc2cc(F)cc3c(=O)c(C(=O)O)cn1c23.[Na]. The van der Waals surface area contributed by atoms with E-state index in [1.54, 1.807) is 4.57 Å². The number of halogens is 1. The third-order valence-electron chi connectivity index (χ3n) is 3.71. The van der Waals surface area contributed by atoms with Crippen LogP contribution in [-0.4, -0.2) is 45.2 Å². The van der Waals surface area contributed by atoms with E-state index in [0.717, 1.165) is 18.1 Å². The van der Waals surface area contributed by atoms with Gasteiger partial charge in [0, 0.05) is 47.2 Å². The molecule has 0 aliphatic carbocycles. The van der Waals surface area contributed by atoms with Gasteiger partial charge in [0.25, 0.3) is 0 Å². The van der Waals surface area contributed by atoms with Crippen molar-refractivity contribution in [2.24, 2.45) is 0 Å². The summed E-state index contributed by atoms with van der Waals surface area (Å²) in [5.74, 6) is -1.78. The molecule has 1 radical (unpaired) electrons. The van der Waals surface area contributed by atoms with E-state index >= 15 is 0 Å². The fourth-order valence-electron chi connectivity index (χ4n) is 2.74. The molecule has 1 aliphatic heterocycles. The molecule has 0 fully saturated rings. The van der Waals surface area contributed by atoms with E-state index in [-0.39, 0.29) is 46.5 Å². The van der Waals surface area contributed by atoms with Gasteiger partial charge in [0.1, 0.15) is 11.4 Å². The molecule has 2 aromatic rings. The second kappa shape index (κ2) is 5.31. The maximum absolute atomic E-state index is 13.6. The number of carboxylic acids is 1. The van der Waals surface area contributed by atoms with Crippen molar-refractivity contribution >= 4 is 46.4 Å². The molecule has 0 amide bonds. The van der Waals surface area contributed by atoms with E-state index in [1.807, 2.05) is 6.92 Å². The van der Waals surface area contributed by atoms with E-state index in [9.17, 15) is 14.0 Å². The fourth-order valence-corrected chi connectivity index (χ4v) is 2.74. The third-order valence-corrected chi connectivity index (χ3v) is 3.71. The van der Waals surface area contributed by atoms with Crippen LogP contribution in [0.5, 0.6) is 0 Å². The minimum atomic E-state index is -1.28. The van der Waals surface area contributed by atoms with Crippen LogP contribution in [0.15, 0.2) is 23.1 Å². The summed E-state index contributed by atoms with van der Waals surface area (Å²) in [7, 11) is 0. The molecule has 1 N–H and O–H groups in total. The molecule has 0 spiro atoms. The van der Waals surface area contributed by atoms with Crippen molar-refractivity contribution in [3.63, 3.8) is 0 Å². The van der Waals surface area contributed by atoms with E-state index in [4.69, 9.17) is 5.11 Å². The van der Waals surface area contributed by atoms with Gasteiger partial charge in [0.2, 0.25) is 5.43 Å². The molecule has 20 heavy (non-hydrogen) atoms. The molecule has 6 heteroatoms. The zero-order valence-electron chi connectivity index (χ0n) is 11.3. The topological polar surface area (TPSA) is 59.3 Å². The molecule has 3 rings (SSSR count). The zero-order valence-corrected chi connectivity index (χ0v) is 13.3. The zero-order chi connectivity index (χ0) is 13.7. The van der Waals surface area contributed by atoms with E-state index in [0.29, 0.717) is 11.9 Å². The molecule has 1 unspecified atom stereocenters. The molecule has 1 aliphatic rings. The summed E-state index contributed by atoms with van der Waals surface area (Å²) in [6.45, 7) is 1.96. The quantitative estimate of drug-likeness (QED) is 0.814. The van der Waals surface area contributed by atoms with Crippen molar-refractivity contribution < 1.29 is 14.3 Å². The molecule has 4 nitrogen and oxygen atoms in total. The summed E-state index contributed by atoms with van der Waals surface area (Å²) >= 11 is 0. The van der Waals surface area contributed by atoms with Crippen molar-refractivity contribution in [3.8, 4) is 0 Å². The smallest absolute Gasteiger partial charge is 0.341 e. The molecule has 99 valence electrons. The van der Waals surface area contributed by atoms with Crippen molar-refractivity contribution in [1.82, 2.24) is 4.57 Å². The first-order valence-electron chi connectivity index (χ1n) is 6.09. The summed E-state index contributed by atoms with van der Waals surface area (Å²) in [4.78, 5) is 23.2. The Balaban J connectivity index is 0.00000147. The number of pyridine rings is 1. The van der Waals surface area contributed by atoms with Crippen LogP contribution < -0.4 is 5.43 Å². The van der Waals surface area contributed by atoms with Gasteiger partial charge in [0.05, 0.1) is 5.52 Å². The molecule has 0 saturated carbocycles. The summed E-state index contributed by atoms with van der Waals surface area (Å²) < 4.78 is 15.3. The Hall–Kier alpha value is -1.17. The predicted molar refractivity (Wildman–Crippen MR) is 73.9 cm³/mol. The summed E-state index contributed by atoms with van der Waals surface area (Å²) in [6.07, 6.45) is 2.87. The number of hydrogen-bond donors (Lipinski definition) is 1. The third kappa shape index (κ3) is 2.20. The van der Waals surface area contributed by atoms with Gasteiger partial charge in [-0.25, -0.2) is 9.18 Å². The monoisotopic (exact) mass is 284 g/mol. The van der Waals surface area contributed by atoms with Gasteiger partial charge in [-0.05, 0) is 37.5 Å². The number of aromatic nitrogens is 1. The van der Waals surface area contributed by atoms with Gasteiger partial charge in [-0.15, -0.1) is 0 Å². The molecular formula is C14H12FNNaO3. The Morgan fingerprint density at radius 2 is 2.15 bits per heavy atom. The molecule has 2 heterocycles. The first-order valence-corrected chi connectivity index (χ1v) is 6.09. The summed E-state index contributed by atoms with van der Waals surface area (Å²) in [5.41, 5.74) is 0.503. The standard InChI is InChI=1S/C14H12FNO3.Na/c1-7-2-3-8-4-9(15)5-10-12(8)16(7)6-11(13(10)17)14(18)19;/h4-7H,2-3H2,1H3,(H,18,19);. The molecule has 1 aromatic heterocycles. The molecule has 1 atom stereocenters. The van der Waals surface area contributed by atoms with Crippen molar-refractivity contribution in [1.29, 1.82) is 0 Å². The van der Waals surface area contributed by atoms with E-state index in [2.05, 4.69) is 0 Å². The van der Waals surface area contributed by atoms with Gasteiger partial charge in [-0.2, -0.15) is 0 Å². The fraction of sp³-hybridized carbons (Fsp3) is 0.286. The number of carboxylic acid groups (broad SMARTS) is 1. The Morgan fingerprint density at radius 1 is 1.45 bits per heavy atom. The van der Waals surface area contributed by atoms with Crippen LogP contribution in [0, 0.1) is 5.82 Å². The molecule has 1 aromatic carbocycles. The maximum atomic E-state index is 13.6. The number of nitrogens with zero attached hydrogens (tertiary/aromatic N) is 1. The second-order valence-electron chi connectivity index (χ2n) is 4.93. The average Bonchev–Trinajstić information content (AvgIpc) is 2.35. The molecule has 0 bridgehead atoms. The van der Waals surface area contributed by atoms with Crippen LogP contribution in [-0.2, 0) is 6.42 Å². The largest absolute Gasteiger partial charge is 0.477 e. The van der Waals surface area contributed by atoms with E-state index < -0.39 is 17.2 Å². The maximum Gasteiger partial charge on any atom is 0.341 e. The Labute approximate surface area is 136 Å². The minimum Gasteiger partial charge on any atom is -0.477 e. The van der Waals surface area contributed by atoms with Gasteiger partial charge in [0.15, 0.2) is 0 Å². The summed E-state index contributed by atoms with van der Waals surface area (Å²) in [6, 6.07) is 2.64. The Kier molecular flexibility index (Phi) is 4.04. The van der Waals surface area contributed by atoms with Gasteiger partial charge < -0.3 is 9.67 Å². The second-order valence-corrected chi connectivity index (χ2v) is 4.93. The van der Waals surface area contributed by atoms with Crippen molar-refractivity contribution in [2.45, 2.75) is 25.8 Å². The molecule has 0 saturated heterocycles. The van der Waals surface area contributed by atoms with Crippen LogP contribution in [0.1, 0.15) is 35.3 Å². The number of hydrogen-bond acceptors (Lipinski definition) is 2. The average molecular weight is 284 g/mol. The predicted octanol–water partition coefficient (Wildman–Crippen LogP) is 1.97. The minimum absolute atomic E-state index is 0. The number of carbonyl (C=O) groups is 1. The normalized spacial score (nSPS) is 16.8. The van der Waals surface area contributed by atoms with Crippen LogP contribution in [0.3, 0.4) is 0 Å². The van der Waals surface area contributed by atoms with Crippen LogP contribution in [0.2, 0.25) is 0 Å².